The molecule has 168 valence electrons. The van der Waals surface area contributed by atoms with Crippen molar-refractivity contribution in [2.24, 2.45) is 0 Å². The lowest BCUT2D eigenvalue weighted by Gasteiger charge is -2.30. The van der Waals surface area contributed by atoms with Crippen molar-refractivity contribution >= 4 is 33.0 Å². The molecule has 1 aliphatic rings. The van der Waals surface area contributed by atoms with E-state index in [-0.39, 0.29) is 5.91 Å². The van der Waals surface area contributed by atoms with E-state index in [0.29, 0.717) is 49.2 Å². The fraction of sp³-hybridized carbons (Fsp3) is 0.261. The van der Waals surface area contributed by atoms with Crippen LogP contribution in [0.15, 0.2) is 76.3 Å². The molecule has 2 heterocycles. The Morgan fingerprint density at radius 3 is 2.38 bits per heavy atom. The van der Waals surface area contributed by atoms with Crippen LogP contribution in [0.5, 0.6) is 5.75 Å². The summed E-state index contributed by atoms with van der Waals surface area (Å²) >= 11 is 1.23. The third kappa shape index (κ3) is 5.74. The molecule has 0 aliphatic carbocycles. The zero-order valence-electron chi connectivity index (χ0n) is 17.6. The van der Waals surface area contributed by atoms with Gasteiger partial charge < -0.3 is 15.0 Å². The number of benzene rings is 2. The number of amides is 1. The molecule has 0 spiro atoms. The van der Waals surface area contributed by atoms with E-state index in [1.54, 1.807) is 17.5 Å². The maximum Gasteiger partial charge on any atom is 0.279 e. The third-order valence-electron chi connectivity index (χ3n) is 5.32. The smallest absolute Gasteiger partial charge is 0.279 e. The van der Waals surface area contributed by atoms with Crippen molar-refractivity contribution in [3.05, 3.63) is 77.7 Å². The number of hydrogen-bond acceptors (Lipinski definition) is 5. The van der Waals surface area contributed by atoms with Crippen LogP contribution >= 0.6 is 11.3 Å². The number of carbonyl (C=O) groups excluding carboxylic acids is 1. The summed E-state index contributed by atoms with van der Waals surface area (Å²) in [6, 6.07) is 20.6. The van der Waals surface area contributed by atoms with Crippen molar-refractivity contribution in [2.45, 2.75) is 10.8 Å². The first kappa shape index (κ1) is 22.5. The Kier molecular flexibility index (Phi) is 7.21. The van der Waals surface area contributed by atoms with Crippen LogP contribution in [0.4, 0.5) is 5.69 Å². The molecule has 1 amide bonds. The van der Waals surface area contributed by atoms with Crippen molar-refractivity contribution in [2.75, 3.05) is 38.0 Å². The first-order chi connectivity index (χ1) is 15.5. The number of anilines is 1. The van der Waals surface area contributed by atoms with Crippen molar-refractivity contribution in [3.8, 4) is 5.75 Å². The van der Waals surface area contributed by atoms with Gasteiger partial charge in [-0.15, -0.1) is 11.3 Å². The molecule has 2 aromatic carbocycles. The topological polar surface area (TPSA) is 80.2 Å². The minimum absolute atomic E-state index is 0.0903. The Bertz CT molecular complexity index is 1110. The van der Waals surface area contributed by atoms with Gasteiger partial charge in [-0.2, -0.15) is 4.31 Å². The lowest BCUT2D eigenvalue weighted by molar-refractivity contribution is -0.895. The molecule has 1 aromatic heterocycles. The second-order valence-corrected chi connectivity index (χ2v) is 10.7. The number of nitrogens with one attached hydrogen (secondary N) is 2. The summed E-state index contributed by atoms with van der Waals surface area (Å²) in [5, 5.41) is 4.67. The summed E-state index contributed by atoms with van der Waals surface area (Å²) < 4.78 is 32.9. The molecule has 9 heteroatoms. The van der Waals surface area contributed by atoms with Gasteiger partial charge in [0.15, 0.2) is 6.54 Å². The Morgan fingerprint density at radius 1 is 1.00 bits per heavy atom. The van der Waals surface area contributed by atoms with Gasteiger partial charge in [0.1, 0.15) is 16.6 Å². The maximum atomic E-state index is 12.6. The monoisotopic (exact) mass is 472 g/mol. The number of quaternary nitrogens is 1. The number of carbonyl (C=O) groups is 1. The third-order valence-corrected chi connectivity index (χ3v) is 8.59. The largest absolute Gasteiger partial charge is 0.489 e. The van der Waals surface area contributed by atoms with Gasteiger partial charge in [0.25, 0.3) is 15.9 Å². The Morgan fingerprint density at radius 2 is 1.72 bits per heavy atom. The molecule has 1 saturated heterocycles. The molecule has 0 bridgehead atoms. The van der Waals surface area contributed by atoms with E-state index in [4.69, 9.17) is 4.74 Å². The second kappa shape index (κ2) is 10.3. The standard InChI is InChI=1S/C23H25N3O4S2/c27-22(17-25-12-14-26(15-13-25)32(28,29)23-7-4-16-31-23)24-20-8-10-21(11-9-20)30-18-19-5-2-1-3-6-19/h1-11,16H,12-15,17-18H2,(H,24,27)/p+1. The van der Waals surface area contributed by atoms with Gasteiger partial charge in [-0.1, -0.05) is 36.4 Å². The number of thiophene rings is 1. The summed E-state index contributed by atoms with van der Waals surface area (Å²) in [6.07, 6.45) is 0. The van der Waals surface area contributed by atoms with Crippen LogP contribution in [0.25, 0.3) is 0 Å². The number of ether oxygens (including phenoxy) is 1. The lowest BCUT2D eigenvalue weighted by atomic mass is 10.2. The molecule has 7 nitrogen and oxygen atoms in total. The predicted octanol–water partition coefficient (Wildman–Crippen LogP) is 1.85. The minimum atomic E-state index is -3.42. The van der Waals surface area contributed by atoms with E-state index in [0.717, 1.165) is 16.2 Å². The van der Waals surface area contributed by atoms with E-state index in [1.165, 1.54) is 15.6 Å². The van der Waals surface area contributed by atoms with E-state index in [1.807, 2.05) is 54.6 Å². The zero-order chi connectivity index (χ0) is 22.4. The van der Waals surface area contributed by atoms with E-state index >= 15 is 0 Å². The Labute approximate surface area is 192 Å². The first-order valence-electron chi connectivity index (χ1n) is 10.4. The molecule has 3 aromatic rings. The highest BCUT2D eigenvalue weighted by atomic mass is 32.2. The molecule has 4 rings (SSSR count). The summed E-state index contributed by atoms with van der Waals surface area (Å²) in [5.74, 6) is 0.646. The van der Waals surface area contributed by atoms with Crippen LogP contribution in [0.3, 0.4) is 0 Å². The molecule has 1 aliphatic heterocycles. The Hall–Kier alpha value is -2.72. The SMILES string of the molecule is O=C(C[NH+]1CCN(S(=O)(=O)c2cccs2)CC1)Nc1ccc(OCc2ccccc2)cc1. The maximum absolute atomic E-state index is 12.6. The number of piperazine rings is 1. The quantitative estimate of drug-likeness (QED) is 0.525. The minimum Gasteiger partial charge on any atom is -0.489 e. The molecular weight excluding hydrogens is 446 g/mol. The van der Waals surface area contributed by atoms with E-state index < -0.39 is 10.0 Å². The van der Waals surface area contributed by atoms with Gasteiger partial charge in [-0.05, 0) is 41.3 Å². The normalized spacial score (nSPS) is 15.4. The average molecular weight is 473 g/mol. The molecule has 0 radical (unpaired) electrons. The number of hydrogen-bond donors (Lipinski definition) is 2. The number of sulfonamides is 1. The average Bonchev–Trinajstić information content (AvgIpc) is 3.36. The zero-order valence-corrected chi connectivity index (χ0v) is 19.2. The fourth-order valence-corrected chi connectivity index (χ4v) is 6.15. The van der Waals surface area contributed by atoms with Crippen LogP contribution in [0.2, 0.25) is 0 Å². The van der Waals surface area contributed by atoms with Gasteiger partial charge in [-0.25, -0.2) is 8.42 Å². The predicted molar refractivity (Wildman–Crippen MR) is 124 cm³/mol. The van der Waals surface area contributed by atoms with Gasteiger partial charge in [0, 0.05) is 5.69 Å². The van der Waals surface area contributed by atoms with Crippen LogP contribution in [-0.4, -0.2) is 51.4 Å². The highest BCUT2D eigenvalue weighted by Crippen LogP contribution is 2.20. The number of nitrogens with zero attached hydrogens (tertiary/aromatic N) is 1. The van der Waals surface area contributed by atoms with E-state index in [9.17, 15) is 13.2 Å². The highest BCUT2D eigenvalue weighted by Gasteiger charge is 2.31. The molecule has 0 atom stereocenters. The van der Waals surface area contributed by atoms with Crippen LogP contribution < -0.4 is 15.0 Å². The van der Waals surface area contributed by atoms with Gasteiger partial charge in [-0.3, -0.25) is 4.79 Å². The summed E-state index contributed by atoms with van der Waals surface area (Å²) in [5.41, 5.74) is 1.80. The Balaban J connectivity index is 1.22. The molecule has 0 unspecified atom stereocenters. The summed E-state index contributed by atoms with van der Waals surface area (Å²) in [6.45, 7) is 2.82. The molecule has 32 heavy (non-hydrogen) atoms. The lowest BCUT2D eigenvalue weighted by Crippen LogP contribution is -3.15. The van der Waals surface area contributed by atoms with E-state index in [2.05, 4.69) is 5.32 Å². The van der Waals surface area contributed by atoms with Gasteiger partial charge >= 0.3 is 0 Å². The molecule has 1 fully saturated rings. The molecule has 0 saturated carbocycles. The highest BCUT2D eigenvalue weighted by molar-refractivity contribution is 7.91. The van der Waals surface area contributed by atoms with Crippen LogP contribution in [0.1, 0.15) is 5.56 Å². The fourth-order valence-electron chi connectivity index (χ4n) is 3.56. The summed E-state index contributed by atoms with van der Waals surface area (Å²) in [7, 11) is -3.42. The van der Waals surface area contributed by atoms with Crippen molar-refractivity contribution in [1.82, 2.24) is 4.31 Å². The van der Waals surface area contributed by atoms with Crippen LogP contribution in [0, 0.1) is 0 Å². The van der Waals surface area contributed by atoms with Crippen LogP contribution in [-0.2, 0) is 21.4 Å². The molecule has 2 N–H and O–H groups in total. The van der Waals surface area contributed by atoms with Crippen molar-refractivity contribution < 1.29 is 22.8 Å². The number of rotatable bonds is 8. The van der Waals surface area contributed by atoms with Crippen molar-refractivity contribution in [1.29, 1.82) is 0 Å². The summed E-state index contributed by atoms with van der Waals surface area (Å²) in [4.78, 5) is 13.5. The van der Waals surface area contributed by atoms with Gasteiger partial charge in [0.2, 0.25) is 0 Å². The van der Waals surface area contributed by atoms with Gasteiger partial charge in [0.05, 0.1) is 26.2 Å². The second-order valence-electron chi connectivity index (χ2n) is 7.61. The molecular formula is C23H26N3O4S2+. The first-order valence-corrected chi connectivity index (χ1v) is 12.8. The van der Waals surface area contributed by atoms with Crippen molar-refractivity contribution in [3.63, 3.8) is 0 Å².